The molecule has 0 heterocycles. The zero-order chi connectivity index (χ0) is 16.6. The van der Waals surface area contributed by atoms with Crippen LogP contribution in [0.5, 0.6) is 5.75 Å². The van der Waals surface area contributed by atoms with Crippen LogP contribution in [0.15, 0.2) is 24.3 Å². The molecule has 2 amide bonds. The van der Waals surface area contributed by atoms with Crippen molar-refractivity contribution < 1.29 is 19.1 Å². The molecule has 7 nitrogen and oxygen atoms in total. The second-order valence-corrected chi connectivity index (χ2v) is 5.61. The number of nitrogen functional groups attached to an aromatic ring is 1. The molecule has 4 N–H and O–H groups in total. The average molecular weight is 309 g/mol. The fourth-order valence-electron chi connectivity index (χ4n) is 1.49. The highest BCUT2D eigenvalue weighted by molar-refractivity contribution is 5.77. The highest BCUT2D eigenvalue weighted by Crippen LogP contribution is 2.19. The Morgan fingerprint density at radius 2 is 1.77 bits per heavy atom. The Kier molecular flexibility index (Phi) is 6.49. The van der Waals surface area contributed by atoms with Crippen molar-refractivity contribution in [1.29, 1.82) is 0 Å². The third kappa shape index (κ3) is 7.37. The van der Waals surface area contributed by atoms with Crippen molar-refractivity contribution in [2.45, 2.75) is 26.4 Å². The maximum atomic E-state index is 11.6. The van der Waals surface area contributed by atoms with Gasteiger partial charge in [0.2, 0.25) is 0 Å². The van der Waals surface area contributed by atoms with Crippen LogP contribution in [-0.2, 0) is 9.53 Å². The molecule has 122 valence electrons. The van der Waals surface area contributed by atoms with E-state index in [1.807, 2.05) is 0 Å². The van der Waals surface area contributed by atoms with Crippen molar-refractivity contribution in [1.82, 2.24) is 10.6 Å². The Morgan fingerprint density at radius 1 is 1.14 bits per heavy atom. The summed E-state index contributed by atoms with van der Waals surface area (Å²) in [6, 6.07) is 6.93. The molecule has 0 saturated carbocycles. The van der Waals surface area contributed by atoms with E-state index in [0.717, 1.165) is 0 Å². The zero-order valence-electron chi connectivity index (χ0n) is 13.1. The molecule has 1 rings (SSSR count). The van der Waals surface area contributed by atoms with Gasteiger partial charge in [-0.3, -0.25) is 4.79 Å². The van der Waals surface area contributed by atoms with Gasteiger partial charge in [-0.25, -0.2) is 4.79 Å². The van der Waals surface area contributed by atoms with Crippen LogP contribution in [0.4, 0.5) is 10.5 Å². The zero-order valence-corrected chi connectivity index (χ0v) is 13.1. The first-order valence-electron chi connectivity index (χ1n) is 6.99. The Hall–Kier alpha value is -2.44. The van der Waals surface area contributed by atoms with Gasteiger partial charge in [-0.15, -0.1) is 0 Å². The minimum Gasteiger partial charge on any atom is -0.482 e. The van der Waals surface area contributed by atoms with Crippen LogP contribution in [0.2, 0.25) is 0 Å². The molecule has 0 bridgehead atoms. The van der Waals surface area contributed by atoms with Gasteiger partial charge in [-0.2, -0.15) is 0 Å². The van der Waals surface area contributed by atoms with Gasteiger partial charge < -0.3 is 25.8 Å². The standard InChI is InChI=1S/C15H23N3O4/c1-15(2,3)22-14(20)18-9-8-17-13(19)10-21-12-7-5-4-6-11(12)16/h4-7H,8-10,16H2,1-3H3,(H,17,19)(H,18,20). The lowest BCUT2D eigenvalue weighted by Crippen LogP contribution is -2.39. The topological polar surface area (TPSA) is 103 Å². The number of para-hydroxylation sites is 2. The van der Waals surface area contributed by atoms with Gasteiger partial charge in [0.1, 0.15) is 11.4 Å². The highest BCUT2D eigenvalue weighted by Gasteiger charge is 2.15. The maximum absolute atomic E-state index is 11.6. The van der Waals surface area contributed by atoms with Crippen molar-refractivity contribution in [2.24, 2.45) is 0 Å². The minimum atomic E-state index is -0.545. The predicted molar refractivity (Wildman–Crippen MR) is 83.6 cm³/mol. The molecule has 0 aromatic heterocycles. The molecular formula is C15H23N3O4. The van der Waals surface area contributed by atoms with Gasteiger partial charge in [0.25, 0.3) is 5.91 Å². The summed E-state index contributed by atoms with van der Waals surface area (Å²) in [5.41, 5.74) is 5.62. The van der Waals surface area contributed by atoms with E-state index in [9.17, 15) is 9.59 Å². The van der Waals surface area contributed by atoms with E-state index in [1.165, 1.54) is 0 Å². The van der Waals surface area contributed by atoms with E-state index in [0.29, 0.717) is 11.4 Å². The highest BCUT2D eigenvalue weighted by atomic mass is 16.6. The summed E-state index contributed by atoms with van der Waals surface area (Å²) >= 11 is 0. The van der Waals surface area contributed by atoms with Crippen LogP contribution in [0.25, 0.3) is 0 Å². The fraction of sp³-hybridized carbons (Fsp3) is 0.467. The number of nitrogens with two attached hydrogens (primary N) is 1. The number of nitrogens with one attached hydrogen (secondary N) is 2. The summed E-state index contributed by atoms with van der Waals surface area (Å²) in [5.74, 6) is 0.166. The molecule has 7 heteroatoms. The summed E-state index contributed by atoms with van der Waals surface area (Å²) in [6.45, 7) is 5.75. The number of carbonyl (C=O) groups excluding carboxylic acids is 2. The van der Waals surface area contributed by atoms with E-state index in [-0.39, 0.29) is 25.6 Å². The number of hydrogen-bond acceptors (Lipinski definition) is 5. The molecular weight excluding hydrogens is 286 g/mol. The lowest BCUT2D eigenvalue weighted by molar-refractivity contribution is -0.123. The van der Waals surface area contributed by atoms with Gasteiger partial charge in [0.15, 0.2) is 6.61 Å². The van der Waals surface area contributed by atoms with Crippen LogP contribution in [0, 0.1) is 0 Å². The monoisotopic (exact) mass is 309 g/mol. The van der Waals surface area contributed by atoms with Crippen molar-refractivity contribution >= 4 is 17.7 Å². The summed E-state index contributed by atoms with van der Waals surface area (Å²) in [6.07, 6.45) is -0.518. The van der Waals surface area contributed by atoms with E-state index >= 15 is 0 Å². The van der Waals surface area contributed by atoms with Gasteiger partial charge >= 0.3 is 6.09 Å². The number of ether oxygens (including phenoxy) is 2. The quantitative estimate of drug-likeness (QED) is 0.543. The minimum absolute atomic E-state index is 0.138. The number of hydrogen-bond donors (Lipinski definition) is 3. The molecule has 0 atom stereocenters. The molecule has 22 heavy (non-hydrogen) atoms. The van der Waals surface area contributed by atoms with Crippen molar-refractivity contribution in [2.75, 3.05) is 25.4 Å². The third-order valence-electron chi connectivity index (χ3n) is 2.39. The number of alkyl carbamates (subject to hydrolysis) is 1. The van der Waals surface area contributed by atoms with Gasteiger partial charge in [0.05, 0.1) is 5.69 Å². The second-order valence-electron chi connectivity index (χ2n) is 5.61. The number of anilines is 1. The lowest BCUT2D eigenvalue weighted by Gasteiger charge is -2.19. The first-order valence-corrected chi connectivity index (χ1v) is 6.99. The first-order chi connectivity index (χ1) is 10.3. The van der Waals surface area contributed by atoms with Crippen LogP contribution >= 0.6 is 0 Å². The van der Waals surface area contributed by atoms with Crippen molar-refractivity contribution in [3.05, 3.63) is 24.3 Å². The van der Waals surface area contributed by atoms with Crippen molar-refractivity contribution in [3.63, 3.8) is 0 Å². The van der Waals surface area contributed by atoms with E-state index in [2.05, 4.69) is 10.6 Å². The Bertz CT molecular complexity index is 512. The molecule has 0 aliphatic rings. The smallest absolute Gasteiger partial charge is 0.407 e. The molecule has 0 radical (unpaired) electrons. The summed E-state index contributed by atoms with van der Waals surface area (Å²) < 4.78 is 10.4. The number of amides is 2. The van der Waals surface area contributed by atoms with E-state index in [1.54, 1.807) is 45.0 Å². The molecule has 0 unspecified atom stereocenters. The van der Waals surface area contributed by atoms with Gasteiger partial charge in [-0.1, -0.05) is 12.1 Å². The van der Waals surface area contributed by atoms with Gasteiger partial charge in [0, 0.05) is 13.1 Å². The Morgan fingerprint density at radius 3 is 2.41 bits per heavy atom. The van der Waals surface area contributed by atoms with Crippen LogP contribution in [0.1, 0.15) is 20.8 Å². The maximum Gasteiger partial charge on any atom is 0.407 e. The molecule has 0 aliphatic heterocycles. The SMILES string of the molecule is CC(C)(C)OC(=O)NCCNC(=O)COc1ccccc1N. The fourth-order valence-corrected chi connectivity index (χ4v) is 1.49. The summed E-state index contributed by atoms with van der Waals surface area (Å²) in [4.78, 5) is 22.9. The normalized spacial score (nSPS) is 10.7. The molecule has 0 fully saturated rings. The van der Waals surface area contributed by atoms with Crippen LogP contribution < -0.4 is 21.1 Å². The third-order valence-corrected chi connectivity index (χ3v) is 2.39. The van der Waals surface area contributed by atoms with Crippen LogP contribution in [0.3, 0.4) is 0 Å². The average Bonchev–Trinajstić information content (AvgIpc) is 2.41. The first kappa shape index (κ1) is 17.6. The van der Waals surface area contributed by atoms with E-state index in [4.69, 9.17) is 15.2 Å². The van der Waals surface area contributed by atoms with Crippen molar-refractivity contribution in [3.8, 4) is 5.75 Å². The molecule has 0 saturated heterocycles. The summed E-state index contributed by atoms with van der Waals surface area (Å²) in [7, 11) is 0. The molecule has 0 spiro atoms. The Labute approximate surface area is 130 Å². The van der Waals surface area contributed by atoms with Crippen LogP contribution in [-0.4, -0.2) is 37.3 Å². The second kappa shape index (κ2) is 8.11. The number of benzene rings is 1. The van der Waals surface area contributed by atoms with Gasteiger partial charge in [-0.05, 0) is 32.9 Å². The summed E-state index contributed by atoms with van der Waals surface area (Å²) in [5, 5.41) is 5.16. The number of carbonyl (C=O) groups is 2. The largest absolute Gasteiger partial charge is 0.482 e. The Balaban J connectivity index is 2.16. The molecule has 1 aromatic rings. The lowest BCUT2D eigenvalue weighted by atomic mass is 10.2. The molecule has 0 aliphatic carbocycles. The molecule has 1 aromatic carbocycles. The number of rotatable bonds is 6. The predicted octanol–water partition coefficient (Wildman–Crippen LogP) is 1.29. The van der Waals surface area contributed by atoms with E-state index < -0.39 is 11.7 Å².